The molecule has 0 aliphatic rings. The van der Waals surface area contributed by atoms with E-state index in [-0.39, 0.29) is 5.41 Å². The molecule has 0 bridgehead atoms. The van der Waals surface area contributed by atoms with E-state index < -0.39 is 12.0 Å². The molecule has 2 aromatic rings. The number of halogens is 2. The lowest BCUT2D eigenvalue weighted by molar-refractivity contribution is -0.144. The van der Waals surface area contributed by atoms with Crippen LogP contribution in [0.15, 0.2) is 24.8 Å². The molecule has 1 aromatic heterocycles. The molecule has 0 amide bonds. The third kappa shape index (κ3) is 3.61. The summed E-state index contributed by atoms with van der Waals surface area (Å²) in [5, 5.41) is 1.82. The van der Waals surface area contributed by atoms with Gasteiger partial charge in [0.1, 0.15) is 6.04 Å². The number of carbonyl (C=O) groups excluding carboxylic acids is 1. The molecule has 4 nitrogen and oxygen atoms in total. The van der Waals surface area contributed by atoms with Crippen LogP contribution in [-0.4, -0.2) is 23.6 Å². The SMILES string of the molecule is C=CC(C)(C)c1[nH]c2cc(Cl)c(Cl)cc2c1CC(N)C(=O)OCC. The number of allylic oxidation sites excluding steroid dienone is 1. The van der Waals surface area contributed by atoms with Gasteiger partial charge in [-0.05, 0) is 24.6 Å². The summed E-state index contributed by atoms with van der Waals surface area (Å²) < 4.78 is 5.02. The van der Waals surface area contributed by atoms with Crippen LogP contribution < -0.4 is 5.73 Å². The highest BCUT2D eigenvalue weighted by Gasteiger charge is 2.27. The zero-order valence-electron chi connectivity index (χ0n) is 14.1. The van der Waals surface area contributed by atoms with E-state index in [4.69, 9.17) is 33.7 Å². The highest BCUT2D eigenvalue weighted by molar-refractivity contribution is 6.42. The van der Waals surface area contributed by atoms with Crippen molar-refractivity contribution in [1.82, 2.24) is 4.98 Å². The number of fused-ring (bicyclic) bond motifs is 1. The van der Waals surface area contributed by atoms with Crippen LogP contribution in [-0.2, 0) is 21.4 Å². The van der Waals surface area contributed by atoms with Crippen molar-refractivity contribution in [1.29, 1.82) is 0 Å². The van der Waals surface area contributed by atoms with Crippen LogP contribution >= 0.6 is 23.2 Å². The Balaban J connectivity index is 2.59. The predicted molar refractivity (Wildman–Crippen MR) is 99.9 cm³/mol. The van der Waals surface area contributed by atoms with Gasteiger partial charge >= 0.3 is 5.97 Å². The standard InChI is InChI=1S/C18H22Cl2N2O2/c1-5-18(3,4)16-11(8-14(21)17(23)24-6-2)10-7-12(19)13(20)9-15(10)22-16/h5,7,9,14,22H,1,6,8,21H2,2-4H3. The molecule has 0 aliphatic heterocycles. The molecule has 1 aromatic carbocycles. The van der Waals surface area contributed by atoms with Crippen molar-refractivity contribution in [3.05, 3.63) is 46.1 Å². The molecule has 0 spiro atoms. The molecule has 130 valence electrons. The highest BCUT2D eigenvalue weighted by Crippen LogP contribution is 2.36. The molecule has 0 fully saturated rings. The van der Waals surface area contributed by atoms with Crippen LogP contribution in [0.1, 0.15) is 32.0 Å². The monoisotopic (exact) mass is 368 g/mol. The fraction of sp³-hybridized carbons (Fsp3) is 0.389. The number of aromatic nitrogens is 1. The number of hydrogen-bond donors (Lipinski definition) is 2. The minimum atomic E-state index is -0.752. The van der Waals surface area contributed by atoms with Crippen LogP contribution in [0, 0.1) is 0 Å². The highest BCUT2D eigenvalue weighted by atomic mass is 35.5. The molecule has 0 radical (unpaired) electrons. The number of rotatable bonds is 6. The zero-order chi connectivity index (χ0) is 18.1. The van der Waals surface area contributed by atoms with Crippen LogP contribution in [0.3, 0.4) is 0 Å². The average Bonchev–Trinajstić information content (AvgIpc) is 2.86. The van der Waals surface area contributed by atoms with Crippen molar-refractivity contribution in [2.75, 3.05) is 6.61 Å². The second-order valence-electron chi connectivity index (χ2n) is 6.28. The second kappa shape index (κ2) is 7.18. The molecule has 2 rings (SSSR count). The van der Waals surface area contributed by atoms with Crippen LogP contribution in [0.2, 0.25) is 10.0 Å². The Morgan fingerprint density at radius 2 is 2.04 bits per heavy atom. The van der Waals surface area contributed by atoms with Crippen molar-refractivity contribution in [3.8, 4) is 0 Å². The van der Waals surface area contributed by atoms with Crippen molar-refractivity contribution in [3.63, 3.8) is 0 Å². The Morgan fingerprint density at radius 3 is 2.62 bits per heavy atom. The number of esters is 1. The van der Waals surface area contributed by atoms with Gasteiger partial charge in [-0.1, -0.05) is 43.1 Å². The van der Waals surface area contributed by atoms with Crippen molar-refractivity contribution >= 4 is 40.1 Å². The normalized spacial score (nSPS) is 13.1. The van der Waals surface area contributed by atoms with Crippen LogP contribution in [0.4, 0.5) is 0 Å². The van der Waals surface area contributed by atoms with E-state index in [2.05, 4.69) is 11.6 Å². The third-order valence-electron chi connectivity index (χ3n) is 4.12. The summed E-state index contributed by atoms with van der Waals surface area (Å²) in [6.07, 6.45) is 2.18. The van der Waals surface area contributed by atoms with Crippen LogP contribution in [0.25, 0.3) is 10.9 Å². The largest absolute Gasteiger partial charge is 0.465 e. The average molecular weight is 369 g/mol. The lowest BCUT2D eigenvalue weighted by atomic mass is 9.85. The molecule has 1 heterocycles. The lowest BCUT2D eigenvalue weighted by Crippen LogP contribution is -2.35. The van der Waals surface area contributed by atoms with Crippen molar-refractivity contribution < 1.29 is 9.53 Å². The quantitative estimate of drug-likeness (QED) is 0.587. The minimum Gasteiger partial charge on any atom is -0.465 e. The van der Waals surface area contributed by atoms with Gasteiger partial charge in [-0.2, -0.15) is 0 Å². The summed E-state index contributed by atoms with van der Waals surface area (Å²) in [5.74, 6) is -0.422. The Kier molecular flexibility index (Phi) is 5.63. The Morgan fingerprint density at radius 1 is 1.42 bits per heavy atom. The molecule has 24 heavy (non-hydrogen) atoms. The molecule has 3 N–H and O–H groups in total. The van der Waals surface area contributed by atoms with E-state index in [0.29, 0.717) is 23.1 Å². The van der Waals surface area contributed by atoms with E-state index in [0.717, 1.165) is 22.2 Å². The maximum atomic E-state index is 11.9. The van der Waals surface area contributed by atoms with Gasteiger partial charge in [0.05, 0.1) is 16.7 Å². The van der Waals surface area contributed by atoms with E-state index in [1.165, 1.54) is 0 Å². The number of benzene rings is 1. The molecule has 0 aliphatic carbocycles. The summed E-state index contributed by atoms with van der Waals surface area (Å²) in [7, 11) is 0. The van der Waals surface area contributed by atoms with E-state index in [1.54, 1.807) is 19.1 Å². The molecule has 0 saturated heterocycles. The van der Waals surface area contributed by atoms with Gasteiger partial charge in [-0.3, -0.25) is 4.79 Å². The first-order chi connectivity index (χ1) is 11.2. The number of nitrogens with one attached hydrogen (secondary N) is 1. The van der Waals surface area contributed by atoms with Gasteiger partial charge in [0.2, 0.25) is 0 Å². The summed E-state index contributed by atoms with van der Waals surface area (Å²) in [6.45, 7) is 10.0. The molecular formula is C18H22Cl2N2O2. The van der Waals surface area contributed by atoms with Crippen molar-refractivity contribution in [2.45, 2.75) is 38.6 Å². The first kappa shape index (κ1) is 18.8. The maximum Gasteiger partial charge on any atom is 0.323 e. The number of hydrogen-bond acceptors (Lipinski definition) is 3. The topological polar surface area (TPSA) is 68.1 Å². The molecule has 1 atom stereocenters. The van der Waals surface area contributed by atoms with Gasteiger partial charge in [-0.25, -0.2) is 0 Å². The van der Waals surface area contributed by atoms with Gasteiger partial charge in [-0.15, -0.1) is 6.58 Å². The van der Waals surface area contributed by atoms with Crippen molar-refractivity contribution in [2.24, 2.45) is 5.73 Å². The van der Waals surface area contributed by atoms with Gasteiger partial charge < -0.3 is 15.5 Å². The molecular weight excluding hydrogens is 347 g/mol. The van der Waals surface area contributed by atoms with E-state index in [9.17, 15) is 4.79 Å². The Hall–Kier alpha value is -1.49. The van der Waals surface area contributed by atoms with E-state index >= 15 is 0 Å². The smallest absolute Gasteiger partial charge is 0.323 e. The molecule has 6 heteroatoms. The maximum absolute atomic E-state index is 11.9. The molecule has 1 unspecified atom stereocenters. The minimum absolute atomic E-state index is 0.298. The summed E-state index contributed by atoms with van der Waals surface area (Å²) >= 11 is 12.3. The van der Waals surface area contributed by atoms with Gasteiger partial charge in [0, 0.05) is 28.4 Å². The summed E-state index contributed by atoms with van der Waals surface area (Å²) in [5.41, 5.74) is 8.41. The van der Waals surface area contributed by atoms with Gasteiger partial charge in [0.25, 0.3) is 0 Å². The summed E-state index contributed by atoms with van der Waals surface area (Å²) in [6, 6.07) is 2.82. The number of nitrogens with two attached hydrogens (primary N) is 1. The molecule has 0 saturated carbocycles. The Labute approximate surface area is 152 Å². The lowest BCUT2D eigenvalue weighted by Gasteiger charge is -2.22. The number of ether oxygens (including phenoxy) is 1. The number of H-pyrrole nitrogens is 1. The fourth-order valence-corrected chi connectivity index (χ4v) is 2.99. The first-order valence-electron chi connectivity index (χ1n) is 7.77. The Bertz CT molecular complexity index is 781. The fourth-order valence-electron chi connectivity index (χ4n) is 2.66. The number of carbonyl (C=O) groups is 1. The van der Waals surface area contributed by atoms with Gasteiger partial charge in [0.15, 0.2) is 0 Å². The second-order valence-corrected chi connectivity index (χ2v) is 7.09. The number of aromatic amines is 1. The summed E-state index contributed by atoms with van der Waals surface area (Å²) in [4.78, 5) is 15.3. The predicted octanol–water partition coefficient (Wildman–Crippen LogP) is 4.37. The van der Waals surface area contributed by atoms with E-state index in [1.807, 2.05) is 19.9 Å². The zero-order valence-corrected chi connectivity index (χ0v) is 15.6. The first-order valence-corrected chi connectivity index (χ1v) is 8.52. The third-order valence-corrected chi connectivity index (χ3v) is 4.84. The van der Waals surface area contributed by atoms with Crippen LogP contribution in [0.5, 0.6) is 0 Å².